The molecular weight excluding hydrogens is 382 g/mol. The topological polar surface area (TPSA) is 104 Å². The summed E-state index contributed by atoms with van der Waals surface area (Å²) in [5.74, 6) is 0.598. The second kappa shape index (κ2) is 8.34. The van der Waals surface area contributed by atoms with Gasteiger partial charge in [0.15, 0.2) is 0 Å². The third kappa shape index (κ3) is 4.31. The summed E-state index contributed by atoms with van der Waals surface area (Å²) < 4.78 is 27.6. The van der Waals surface area contributed by atoms with E-state index in [1.807, 2.05) is 18.7 Å². The summed E-state index contributed by atoms with van der Waals surface area (Å²) in [4.78, 5) is 13.0. The first-order valence-corrected chi connectivity index (χ1v) is 11.3. The quantitative estimate of drug-likeness (QED) is 0.590. The molecule has 2 saturated heterocycles. The van der Waals surface area contributed by atoms with Crippen molar-refractivity contribution in [1.82, 2.24) is 4.31 Å². The first-order chi connectivity index (χ1) is 13.2. The minimum atomic E-state index is -3.78. The highest BCUT2D eigenvalue weighted by atomic mass is 32.2. The number of nitrogens with zero attached hydrogens (tertiary/aromatic N) is 3. The molecule has 2 aliphatic rings. The predicted octanol–water partition coefficient (Wildman–Crippen LogP) is 2.47. The molecule has 0 saturated carbocycles. The highest BCUT2D eigenvalue weighted by Gasteiger charge is 2.34. The summed E-state index contributed by atoms with van der Waals surface area (Å²) >= 11 is 0. The van der Waals surface area contributed by atoms with Crippen LogP contribution in [0.3, 0.4) is 0 Å². The van der Waals surface area contributed by atoms with E-state index < -0.39 is 14.9 Å². The summed E-state index contributed by atoms with van der Waals surface area (Å²) in [6.45, 7) is 6.16. The molecule has 1 N–H and O–H groups in total. The molecule has 0 aliphatic carbocycles. The second-order valence-corrected chi connectivity index (χ2v) is 10.3. The molecule has 156 valence electrons. The Kier molecular flexibility index (Phi) is 6.26. The van der Waals surface area contributed by atoms with Crippen LogP contribution in [0.1, 0.15) is 33.1 Å². The van der Waals surface area contributed by atoms with E-state index in [0.717, 1.165) is 19.3 Å². The minimum Gasteiger partial charge on any atom is -0.396 e. The smallest absolute Gasteiger partial charge is 0.293 e. The molecule has 9 heteroatoms. The Morgan fingerprint density at radius 3 is 2.50 bits per heavy atom. The molecule has 2 fully saturated rings. The molecular formula is C19H29N3O5S. The highest BCUT2D eigenvalue weighted by Crippen LogP contribution is 2.35. The van der Waals surface area contributed by atoms with Gasteiger partial charge in [0, 0.05) is 38.9 Å². The van der Waals surface area contributed by atoms with Crippen LogP contribution >= 0.6 is 0 Å². The van der Waals surface area contributed by atoms with Gasteiger partial charge in [-0.1, -0.05) is 13.8 Å². The summed E-state index contributed by atoms with van der Waals surface area (Å²) in [5, 5.41) is 21.1. The largest absolute Gasteiger partial charge is 0.396 e. The SMILES string of the molecule is C[C@H]1C[C@H](C)CN(S(=O)(=O)c2ccc(N3CCC[C@H](CO)C3)c([N+](=O)[O-])c2)C1. The monoisotopic (exact) mass is 411 g/mol. The number of hydrogen-bond donors (Lipinski definition) is 1. The number of aliphatic hydroxyl groups excluding tert-OH is 1. The van der Waals surface area contributed by atoms with Gasteiger partial charge in [0.1, 0.15) is 5.69 Å². The number of piperidine rings is 2. The van der Waals surface area contributed by atoms with Gasteiger partial charge in [-0.25, -0.2) is 8.42 Å². The third-order valence-electron chi connectivity index (χ3n) is 5.73. The summed E-state index contributed by atoms with van der Waals surface area (Å²) in [7, 11) is -3.78. The zero-order valence-electron chi connectivity index (χ0n) is 16.5. The molecule has 2 heterocycles. The van der Waals surface area contributed by atoms with E-state index in [2.05, 4.69) is 0 Å². The van der Waals surface area contributed by atoms with Gasteiger partial charge in [0.05, 0.1) is 9.82 Å². The van der Waals surface area contributed by atoms with E-state index >= 15 is 0 Å². The molecule has 0 radical (unpaired) electrons. The maximum atomic E-state index is 13.1. The number of benzene rings is 1. The molecule has 1 aromatic rings. The van der Waals surface area contributed by atoms with Gasteiger partial charge in [-0.2, -0.15) is 4.31 Å². The molecule has 1 aromatic carbocycles. The van der Waals surface area contributed by atoms with Gasteiger partial charge in [-0.15, -0.1) is 0 Å². The molecule has 0 amide bonds. The molecule has 0 aromatic heterocycles. The van der Waals surface area contributed by atoms with Crippen molar-refractivity contribution < 1.29 is 18.4 Å². The number of aliphatic hydroxyl groups is 1. The lowest BCUT2D eigenvalue weighted by atomic mass is 9.94. The van der Waals surface area contributed by atoms with Gasteiger partial charge in [0.2, 0.25) is 10.0 Å². The maximum absolute atomic E-state index is 13.1. The van der Waals surface area contributed by atoms with Gasteiger partial charge in [-0.05, 0) is 49.1 Å². The van der Waals surface area contributed by atoms with Crippen LogP contribution in [0.25, 0.3) is 0 Å². The Morgan fingerprint density at radius 1 is 1.21 bits per heavy atom. The van der Waals surface area contributed by atoms with Crippen molar-refractivity contribution in [3.63, 3.8) is 0 Å². The summed E-state index contributed by atoms with van der Waals surface area (Å²) in [5.41, 5.74) is 0.222. The van der Waals surface area contributed by atoms with Crippen LogP contribution in [0.2, 0.25) is 0 Å². The predicted molar refractivity (Wildman–Crippen MR) is 107 cm³/mol. The molecule has 3 rings (SSSR count). The molecule has 2 aliphatic heterocycles. The van der Waals surface area contributed by atoms with E-state index in [1.54, 1.807) is 6.07 Å². The van der Waals surface area contributed by atoms with Crippen molar-refractivity contribution in [1.29, 1.82) is 0 Å². The standard InChI is InChI=1S/C19H29N3O5S/c1-14-8-15(2)11-21(10-14)28(26,27)17-5-6-18(19(9-17)22(24)25)20-7-3-4-16(12-20)13-23/h5-6,9,14-16,23H,3-4,7-8,10-13H2,1-2H3/t14-,15-,16-/m0/s1. The lowest BCUT2D eigenvalue weighted by Crippen LogP contribution is -2.42. The highest BCUT2D eigenvalue weighted by molar-refractivity contribution is 7.89. The molecule has 8 nitrogen and oxygen atoms in total. The van der Waals surface area contributed by atoms with Crippen molar-refractivity contribution >= 4 is 21.4 Å². The molecule has 3 atom stereocenters. The zero-order chi connectivity index (χ0) is 20.5. The van der Waals surface area contributed by atoms with E-state index in [1.165, 1.54) is 16.4 Å². The summed E-state index contributed by atoms with van der Waals surface area (Å²) in [6, 6.07) is 4.21. The fourth-order valence-corrected chi connectivity index (χ4v) is 6.16. The van der Waals surface area contributed by atoms with E-state index in [-0.39, 0.29) is 34.9 Å². The van der Waals surface area contributed by atoms with Gasteiger partial charge >= 0.3 is 0 Å². The van der Waals surface area contributed by atoms with Crippen LogP contribution in [-0.2, 0) is 10.0 Å². The van der Waals surface area contributed by atoms with Crippen molar-refractivity contribution in [3.8, 4) is 0 Å². The first kappa shape index (κ1) is 21.0. The lowest BCUT2D eigenvalue weighted by Gasteiger charge is -2.34. The van der Waals surface area contributed by atoms with Gasteiger partial charge in [0.25, 0.3) is 5.69 Å². The molecule has 28 heavy (non-hydrogen) atoms. The van der Waals surface area contributed by atoms with Crippen LogP contribution in [0.15, 0.2) is 23.1 Å². The Bertz CT molecular complexity index is 819. The second-order valence-electron chi connectivity index (χ2n) is 8.31. The van der Waals surface area contributed by atoms with Crippen molar-refractivity contribution in [2.75, 3.05) is 37.7 Å². The number of nitro groups is 1. The average molecular weight is 412 g/mol. The van der Waals surface area contributed by atoms with Crippen molar-refractivity contribution in [2.45, 2.75) is 38.0 Å². The number of hydrogen-bond acceptors (Lipinski definition) is 6. The third-order valence-corrected chi connectivity index (χ3v) is 7.56. The molecule has 0 spiro atoms. The van der Waals surface area contributed by atoms with Crippen LogP contribution in [-0.4, -0.2) is 55.5 Å². The summed E-state index contributed by atoms with van der Waals surface area (Å²) in [6.07, 6.45) is 2.71. The Labute approximate surface area is 166 Å². The van der Waals surface area contributed by atoms with E-state index in [4.69, 9.17) is 0 Å². The van der Waals surface area contributed by atoms with Crippen molar-refractivity contribution in [3.05, 3.63) is 28.3 Å². The number of rotatable bonds is 5. The van der Waals surface area contributed by atoms with Crippen LogP contribution in [0, 0.1) is 27.9 Å². The maximum Gasteiger partial charge on any atom is 0.293 e. The van der Waals surface area contributed by atoms with Crippen LogP contribution < -0.4 is 4.90 Å². The normalized spacial score (nSPS) is 27.0. The Balaban J connectivity index is 1.93. The number of anilines is 1. The van der Waals surface area contributed by atoms with E-state index in [9.17, 15) is 23.6 Å². The number of sulfonamides is 1. The molecule has 0 bridgehead atoms. The van der Waals surface area contributed by atoms with E-state index in [0.29, 0.717) is 31.9 Å². The zero-order valence-corrected chi connectivity index (χ0v) is 17.3. The first-order valence-electron chi connectivity index (χ1n) is 9.86. The van der Waals surface area contributed by atoms with Gasteiger partial charge in [-0.3, -0.25) is 10.1 Å². The average Bonchev–Trinajstić information content (AvgIpc) is 2.66. The fourth-order valence-electron chi connectivity index (χ4n) is 4.46. The van der Waals surface area contributed by atoms with Crippen LogP contribution in [0.4, 0.5) is 11.4 Å². The molecule has 0 unspecified atom stereocenters. The van der Waals surface area contributed by atoms with Crippen molar-refractivity contribution in [2.24, 2.45) is 17.8 Å². The van der Waals surface area contributed by atoms with Gasteiger partial charge < -0.3 is 10.0 Å². The fraction of sp³-hybridized carbons (Fsp3) is 0.684. The number of nitro benzene ring substituents is 1. The minimum absolute atomic E-state index is 0.0278. The Morgan fingerprint density at radius 2 is 1.89 bits per heavy atom. The Hall–Kier alpha value is -1.71. The lowest BCUT2D eigenvalue weighted by molar-refractivity contribution is -0.384. The van der Waals surface area contributed by atoms with Crippen LogP contribution in [0.5, 0.6) is 0 Å².